The van der Waals surface area contributed by atoms with Crippen LogP contribution < -0.4 is 15.2 Å². The summed E-state index contributed by atoms with van der Waals surface area (Å²) in [4.78, 5) is 0. The van der Waals surface area contributed by atoms with Crippen molar-refractivity contribution in [3.63, 3.8) is 0 Å². The molecule has 0 saturated heterocycles. The summed E-state index contributed by atoms with van der Waals surface area (Å²) in [7, 11) is 0. The van der Waals surface area contributed by atoms with Crippen LogP contribution in [0.5, 0.6) is 17.2 Å². The Balaban J connectivity index is 1.47. The highest BCUT2D eigenvalue weighted by molar-refractivity contribution is 6.32. The van der Waals surface area contributed by atoms with Gasteiger partial charge >= 0.3 is 0 Å². The first-order valence-corrected chi connectivity index (χ1v) is 11.6. The average Bonchev–Trinajstić information content (AvgIpc) is 3.32. The molecule has 0 unspecified atom stereocenters. The quantitative estimate of drug-likeness (QED) is 0.240. The molecule has 36 heavy (non-hydrogen) atoms. The summed E-state index contributed by atoms with van der Waals surface area (Å²) in [6.07, 6.45) is 0.00888. The molecule has 8 nitrogen and oxygen atoms in total. The molecule has 4 aromatic rings. The van der Waals surface area contributed by atoms with Gasteiger partial charge in [0.05, 0.1) is 31.3 Å². The number of anilines is 1. The molecule has 0 aliphatic heterocycles. The monoisotopic (exact) mass is 533 g/mol. The number of rotatable bonds is 10. The Morgan fingerprint density at radius 3 is 2.42 bits per heavy atom. The van der Waals surface area contributed by atoms with Gasteiger partial charge in [-0.2, -0.15) is 0 Å². The number of nitrogens with zero attached hydrogens (tertiary/aromatic N) is 2. The second kappa shape index (κ2) is 11.6. The highest BCUT2D eigenvalue weighted by atomic mass is 35.5. The maximum atomic E-state index is 15.3. The van der Waals surface area contributed by atoms with Crippen LogP contribution in [-0.2, 0) is 6.42 Å². The summed E-state index contributed by atoms with van der Waals surface area (Å²) in [6, 6.07) is 14.4. The van der Waals surface area contributed by atoms with Crippen LogP contribution in [0.4, 0.5) is 10.1 Å². The predicted octanol–water partition coefficient (Wildman–Crippen LogP) is 5.13. The summed E-state index contributed by atoms with van der Waals surface area (Å²) >= 11 is 12.2. The van der Waals surface area contributed by atoms with Crippen LogP contribution in [0.25, 0.3) is 11.5 Å². The van der Waals surface area contributed by atoms with E-state index in [0.29, 0.717) is 22.0 Å². The molecule has 0 atom stereocenters. The van der Waals surface area contributed by atoms with Gasteiger partial charge in [0.25, 0.3) is 0 Å². The lowest BCUT2D eigenvalue weighted by molar-refractivity contribution is 0.106. The van der Waals surface area contributed by atoms with Gasteiger partial charge in [-0.25, -0.2) is 4.39 Å². The molecule has 0 aliphatic carbocycles. The molecule has 0 saturated carbocycles. The average molecular weight is 534 g/mol. The molecule has 4 N–H and O–H groups in total. The van der Waals surface area contributed by atoms with E-state index < -0.39 is 5.82 Å². The highest BCUT2D eigenvalue weighted by Gasteiger charge is 2.18. The Bertz CT molecular complexity index is 1310. The number of hydrogen-bond donors (Lipinski definition) is 3. The van der Waals surface area contributed by atoms with Crippen molar-refractivity contribution in [2.24, 2.45) is 5.92 Å². The number of nitrogen functional groups attached to an aromatic ring is 1. The number of aliphatic hydroxyl groups excluding tert-OH is 2. The SMILES string of the molecule is Nc1cc(Cl)cc(Oc2c(Cl)ccc(Cc3nnc(-c4ccc(OCC(CO)CO)cc4)o3)c2F)c1. The largest absolute Gasteiger partial charge is 0.493 e. The van der Waals surface area contributed by atoms with E-state index in [1.165, 1.54) is 24.3 Å². The Morgan fingerprint density at radius 2 is 1.72 bits per heavy atom. The molecule has 0 aliphatic rings. The Kier molecular flexibility index (Phi) is 8.27. The fourth-order valence-corrected chi connectivity index (χ4v) is 3.66. The van der Waals surface area contributed by atoms with E-state index in [4.69, 9.17) is 53.0 Å². The first-order valence-electron chi connectivity index (χ1n) is 10.8. The van der Waals surface area contributed by atoms with E-state index in [9.17, 15) is 0 Å². The van der Waals surface area contributed by atoms with Crippen molar-refractivity contribution in [2.75, 3.05) is 25.6 Å². The zero-order chi connectivity index (χ0) is 25.7. The number of aromatic nitrogens is 2. The molecule has 0 bridgehead atoms. The van der Waals surface area contributed by atoms with Gasteiger partial charge in [0.15, 0.2) is 11.6 Å². The lowest BCUT2D eigenvalue weighted by atomic mass is 10.1. The van der Waals surface area contributed by atoms with Crippen LogP contribution in [-0.4, -0.2) is 40.2 Å². The van der Waals surface area contributed by atoms with E-state index in [1.807, 2.05) is 0 Å². The molecule has 0 fully saturated rings. The van der Waals surface area contributed by atoms with Crippen LogP contribution in [0, 0.1) is 11.7 Å². The zero-order valence-corrected chi connectivity index (χ0v) is 20.3. The van der Waals surface area contributed by atoms with E-state index in [-0.39, 0.29) is 66.0 Å². The van der Waals surface area contributed by atoms with Crippen molar-refractivity contribution in [2.45, 2.75) is 6.42 Å². The molecule has 0 amide bonds. The molecule has 11 heteroatoms. The third kappa shape index (κ3) is 6.24. The van der Waals surface area contributed by atoms with Crippen molar-refractivity contribution >= 4 is 28.9 Å². The summed E-state index contributed by atoms with van der Waals surface area (Å²) in [5.41, 5.74) is 7.02. The summed E-state index contributed by atoms with van der Waals surface area (Å²) < 4.78 is 32.2. The smallest absolute Gasteiger partial charge is 0.247 e. The normalized spacial score (nSPS) is 11.2. The second-order valence-electron chi connectivity index (χ2n) is 7.92. The van der Waals surface area contributed by atoms with Crippen LogP contribution in [0.15, 0.2) is 59.0 Å². The lowest BCUT2D eigenvalue weighted by Gasteiger charge is -2.12. The molecule has 0 radical (unpaired) electrons. The Morgan fingerprint density at radius 1 is 0.972 bits per heavy atom. The summed E-state index contributed by atoms with van der Waals surface area (Å²) in [5.74, 6) is 0.0445. The number of benzene rings is 3. The Labute approximate surface area is 216 Å². The van der Waals surface area contributed by atoms with E-state index in [0.717, 1.165) is 0 Å². The topological polar surface area (TPSA) is 124 Å². The first kappa shape index (κ1) is 25.7. The summed E-state index contributed by atoms with van der Waals surface area (Å²) in [6.45, 7) is -0.160. The van der Waals surface area contributed by atoms with Crippen LogP contribution in [0.3, 0.4) is 0 Å². The van der Waals surface area contributed by atoms with Gasteiger partial charge in [0.1, 0.15) is 11.5 Å². The Hall–Kier alpha value is -3.37. The van der Waals surface area contributed by atoms with Crippen LogP contribution in [0.1, 0.15) is 11.5 Å². The molecular weight excluding hydrogens is 512 g/mol. The molecule has 3 aromatic carbocycles. The predicted molar refractivity (Wildman–Crippen MR) is 133 cm³/mol. The van der Waals surface area contributed by atoms with Crippen molar-refractivity contribution in [1.29, 1.82) is 0 Å². The van der Waals surface area contributed by atoms with Gasteiger partial charge in [-0.05, 0) is 42.5 Å². The third-order valence-corrected chi connectivity index (χ3v) is 5.67. The minimum atomic E-state index is -0.675. The van der Waals surface area contributed by atoms with Gasteiger partial charge in [-0.15, -0.1) is 10.2 Å². The minimum absolute atomic E-state index is 0.00888. The maximum Gasteiger partial charge on any atom is 0.247 e. The van der Waals surface area contributed by atoms with E-state index in [2.05, 4.69) is 10.2 Å². The zero-order valence-electron chi connectivity index (χ0n) is 18.8. The van der Waals surface area contributed by atoms with Crippen molar-refractivity contribution in [3.05, 3.63) is 81.9 Å². The fraction of sp³-hybridized carbons (Fsp3) is 0.200. The van der Waals surface area contributed by atoms with E-state index in [1.54, 1.807) is 30.3 Å². The van der Waals surface area contributed by atoms with Gasteiger partial charge in [0.2, 0.25) is 11.8 Å². The van der Waals surface area contributed by atoms with Crippen molar-refractivity contribution < 1.29 is 28.5 Å². The van der Waals surface area contributed by atoms with Gasteiger partial charge in [-0.3, -0.25) is 0 Å². The molecule has 4 rings (SSSR count). The van der Waals surface area contributed by atoms with E-state index >= 15 is 4.39 Å². The fourth-order valence-electron chi connectivity index (χ4n) is 3.24. The minimum Gasteiger partial charge on any atom is -0.493 e. The maximum absolute atomic E-state index is 15.3. The van der Waals surface area contributed by atoms with Gasteiger partial charge in [0, 0.05) is 33.8 Å². The number of ether oxygens (including phenoxy) is 2. The molecule has 1 aromatic heterocycles. The number of hydrogen-bond acceptors (Lipinski definition) is 8. The van der Waals surface area contributed by atoms with Crippen LogP contribution in [0.2, 0.25) is 10.0 Å². The third-order valence-electron chi connectivity index (χ3n) is 5.15. The first-order chi connectivity index (χ1) is 17.4. The van der Waals surface area contributed by atoms with Crippen molar-refractivity contribution in [3.8, 4) is 28.7 Å². The highest BCUT2D eigenvalue weighted by Crippen LogP contribution is 2.36. The second-order valence-corrected chi connectivity index (χ2v) is 8.76. The standard InChI is InChI=1S/C25H22Cl2FN3O5/c26-17-8-18(29)10-20(9-17)35-24-21(27)6-3-16(23(24)28)7-22-30-31-25(36-22)15-1-4-19(5-2-15)34-13-14(11-32)12-33/h1-6,8-10,14,32-33H,7,11-13,29H2. The summed E-state index contributed by atoms with van der Waals surface area (Å²) in [5, 5.41) is 26.7. The van der Waals surface area contributed by atoms with Gasteiger partial charge in [-0.1, -0.05) is 29.3 Å². The molecule has 1 heterocycles. The number of nitrogens with two attached hydrogens (primary N) is 1. The number of halogens is 3. The molecule has 188 valence electrons. The number of aliphatic hydroxyl groups is 2. The molecule has 0 spiro atoms. The van der Waals surface area contributed by atoms with Crippen molar-refractivity contribution in [1.82, 2.24) is 10.2 Å². The lowest BCUT2D eigenvalue weighted by Crippen LogP contribution is -2.19. The van der Waals surface area contributed by atoms with Gasteiger partial charge < -0.3 is 29.8 Å². The molecular formula is C25H22Cl2FN3O5. The van der Waals surface area contributed by atoms with Crippen LogP contribution >= 0.6 is 23.2 Å².